The minimum atomic E-state index is -0.917. The number of Topliss-reactive ketones (excluding diaryl/α,β-unsaturated/α-hetero) is 1. The predicted molar refractivity (Wildman–Crippen MR) is 153 cm³/mol. The van der Waals surface area contributed by atoms with Crippen LogP contribution in [-0.4, -0.2) is 30.2 Å². The lowest BCUT2D eigenvalue weighted by Gasteiger charge is -2.21. The molecule has 34 heavy (non-hydrogen) atoms. The molecule has 0 amide bonds. The summed E-state index contributed by atoms with van der Waals surface area (Å²) in [5, 5.41) is 1.35. The number of rotatable bonds is 17. The molecule has 2 aromatic rings. The summed E-state index contributed by atoms with van der Waals surface area (Å²) in [6.45, 7) is 9.39. The Morgan fingerprint density at radius 2 is 1.65 bits per heavy atom. The Morgan fingerprint density at radius 1 is 0.971 bits per heavy atom. The van der Waals surface area contributed by atoms with Crippen LogP contribution in [0.1, 0.15) is 80.6 Å². The lowest BCUT2D eigenvalue weighted by Crippen LogP contribution is -2.10. The fourth-order valence-corrected chi connectivity index (χ4v) is 6.36. The number of hydrogen-bond donors (Lipinski definition) is 0. The van der Waals surface area contributed by atoms with Crippen LogP contribution < -0.4 is 10.0 Å². The maximum Gasteiger partial charge on any atom is 0.162 e. The number of ether oxygens (including phenoxy) is 1. The summed E-state index contributed by atoms with van der Waals surface area (Å²) in [6.07, 6.45) is 13.4. The summed E-state index contributed by atoms with van der Waals surface area (Å²) in [7, 11) is -0.917. The van der Waals surface area contributed by atoms with Gasteiger partial charge in [-0.15, -0.1) is 11.6 Å². The first-order valence-corrected chi connectivity index (χ1v) is 15.0. The lowest BCUT2D eigenvalue weighted by atomic mass is 10.0. The number of alkyl halides is 1. The van der Waals surface area contributed by atoms with E-state index in [-0.39, 0.29) is 5.78 Å². The summed E-state index contributed by atoms with van der Waals surface area (Å²) in [6, 6.07) is 16.4. The molecule has 0 aliphatic heterocycles. The second kappa shape index (κ2) is 16.0. The van der Waals surface area contributed by atoms with Crippen LogP contribution in [0.3, 0.4) is 0 Å². The lowest BCUT2D eigenvalue weighted by molar-refractivity contribution is 0.0979. The highest BCUT2D eigenvalue weighted by molar-refractivity contribution is 7.64. The molecule has 0 aliphatic carbocycles. The van der Waals surface area contributed by atoms with Crippen LogP contribution in [-0.2, 0) is 0 Å². The van der Waals surface area contributed by atoms with Crippen LogP contribution in [0.5, 0.6) is 5.75 Å². The van der Waals surface area contributed by atoms with Gasteiger partial charge in [0.25, 0.3) is 0 Å². The molecule has 0 aliphatic rings. The highest BCUT2D eigenvalue weighted by Crippen LogP contribution is 2.35. The second-order valence-corrected chi connectivity index (χ2v) is 12.0. The van der Waals surface area contributed by atoms with Crippen molar-refractivity contribution in [2.75, 3.05) is 12.5 Å². The van der Waals surface area contributed by atoms with E-state index in [1.54, 1.807) is 0 Å². The summed E-state index contributed by atoms with van der Waals surface area (Å²) < 4.78 is 5.85. The van der Waals surface area contributed by atoms with Gasteiger partial charge in [0.1, 0.15) is 5.75 Å². The van der Waals surface area contributed by atoms with Gasteiger partial charge >= 0.3 is 0 Å². The van der Waals surface area contributed by atoms with Crippen LogP contribution in [0, 0.1) is 6.92 Å². The van der Waals surface area contributed by atoms with E-state index < -0.39 is 7.55 Å². The van der Waals surface area contributed by atoms with Gasteiger partial charge < -0.3 is 4.74 Å². The molecule has 0 radical (unpaired) electrons. The molecule has 4 heteroatoms. The molecule has 2 rings (SSSR count). The van der Waals surface area contributed by atoms with Crippen molar-refractivity contribution in [3.63, 3.8) is 0 Å². The molecule has 0 N–H and O–H groups in total. The third-order valence-corrected chi connectivity index (χ3v) is 9.29. The molecule has 2 aromatic carbocycles. The number of carbonyl (C=O) groups excluding carboxylic acids is 1. The zero-order valence-corrected chi connectivity index (χ0v) is 22.8. The van der Waals surface area contributed by atoms with E-state index in [0.29, 0.717) is 12.1 Å². The third-order valence-electron chi connectivity index (χ3n) is 6.35. The normalized spacial score (nSPS) is 12.8. The van der Waals surface area contributed by atoms with Gasteiger partial charge in [-0.25, -0.2) is 0 Å². The summed E-state index contributed by atoms with van der Waals surface area (Å²) >= 11 is 5.72. The molecular formula is C30H42ClO2P. The molecule has 2 nitrogen and oxygen atoms in total. The molecule has 0 heterocycles. The number of ketones is 1. The Bertz CT molecular complexity index is 902. The Hall–Kier alpha value is -1.76. The van der Waals surface area contributed by atoms with E-state index in [2.05, 4.69) is 44.1 Å². The van der Waals surface area contributed by atoms with Gasteiger partial charge in [-0.2, -0.15) is 0 Å². The minimum Gasteiger partial charge on any atom is -0.494 e. The van der Waals surface area contributed by atoms with Gasteiger partial charge in [0.15, 0.2) is 5.78 Å². The van der Waals surface area contributed by atoms with Crippen LogP contribution in [0.2, 0.25) is 0 Å². The molecule has 0 saturated carbocycles. The first-order valence-electron chi connectivity index (χ1n) is 12.7. The second-order valence-electron chi connectivity index (χ2n) is 9.20. The van der Waals surface area contributed by atoms with Crippen molar-refractivity contribution in [2.45, 2.75) is 77.3 Å². The van der Waals surface area contributed by atoms with Crippen molar-refractivity contribution >= 4 is 36.5 Å². The van der Waals surface area contributed by atoms with Crippen LogP contribution in [0.25, 0.3) is 0 Å². The highest BCUT2D eigenvalue weighted by atomic mass is 35.5. The smallest absolute Gasteiger partial charge is 0.162 e. The van der Waals surface area contributed by atoms with Gasteiger partial charge in [0.05, 0.1) is 6.61 Å². The van der Waals surface area contributed by atoms with Gasteiger partial charge in [-0.3, -0.25) is 4.79 Å². The van der Waals surface area contributed by atoms with Gasteiger partial charge in [0, 0.05) is 17.9 Å². The maximum atomic E-state index is 12.4. The van der Waals surface area contributed by atoms with Crippen molar-refractivity contribution in [1.82, 2.24) is 0 Å². The largest absolute Gasteiger partial charge is 0.494 e. The van der Waals surface area contributed by atoms with Crippen molar-refractivity contribution < 1.29 is 9.53 Å². The number of halogens is 1. The summed E-state index contributed by atoms with van der Waals surface area (Å²) in [5.41, 5.74) is 3.86. The van der Waals surface area contributed by atoms with Crippen LogP contribution in [0.15, 0.2) is 60.7 Å². The molecule has 1 unspecified atom stereocenters. The monoisotopic (exact) mass is 500 g/mol. The number of hydrogen-bond acceptors (Lipinski definition) is 2. The Kier molecular flexibility index (Phi) is 13.4. The predicted octanol–water partition coefficient (Wildman–Crippen LogP) is 8.22. The average Bonchev–Trinajstić information content (AvgIpc) is 2.85. The maximum absolute atomic E-state index is 12.4. The molecule has 0 spiro atoms. The fraction of sp³-hybridized carbons (Fsp3) is 0.467. The zero-order valence-electron chi connectivity index (χ0n) is 21.1. The van der Waals surface area contributed by atoms with Gasteiger partial charge in [-0.05, 0) is 81.4 Å². The van der Waals surface area contributed by atoms with E-state index >= 15 is 0 Å². The Balaban J connectivity index is 1.73. The Labute approximate surface area is 213 Å². The molecular weight excluding hydrogens is 459 g/mol. The topological polar surface area (TPSA) is 26.3 Å². The van der Waals surface area contributed by atoms with Crippen molar-refractivity contribution in [1.29, 1.82) is 0 Å². The van der Waals surface area contributed by atoms with Crippen molar-refractivity contribution in [2.24, 2.45) is 0 Å². The first-order chi connectivity index (χ1) is 16.4. The van der Waals surface area contributed by atoms with E-state index in [1.807, 2.05) is 31.2 Å². The summed E-state index contributed by atoms with van der Waals surface area (Å²) in [4.78, 5) is 12.4. The molecule has 186 valence electrons. The van der Waals surface area contributed by atoms with Crippen molar-refractivity contribution in [3.05, 3.63) is 71.8 Å². The van der Waals surface area contributed by atoms with E-state index in [1.165, 1.54) is 16.4 Å². The van der Waals surface area contributed by atoms with Crippen LogP contribution in [0.4, 0.5) is 0 Å². The number of aryl methyl sites for hydroxylation is 1. The van der Waals surface area contributed by atoms with E-state index in [4.69, 9.17) is 16.3 Å². The standard InChI is InChI=1S/C30H42ClO2P/c1-5-28(34(4)29-19-17-27(18-20-29)33-22-10-6-9-21-31)23-25(3)11-7-8-12-30(32)26-15-13-24(2)14-16-26/h13-20,28,34H,3-12,21-23H2,1-2H3/t28-/m0/s1. The summed E-state index contributed by atoms with van der Waals surface area (Å²) in [5.74, 6) is 1.90. The fourth-order valence-electron chi connectivity index (χ4n) is 4.07. The van der Waals surface area contributed by atoms with E-state index in [0.717, 1.165) is 75.2 Å². The van der Waals surface area contributed by atoms with Crippen LogP contribution >= 0.6 is 19.1 Å². The minimum absolute atomic E-state index is 0.239. The first kappa shape index (κ1) is 28.5. The van der Waals surface area contributed by atoms with Gasteiger partial charge in [0.2, 0.25) is 0 Å². The number of unbranched alkanes of at least 4 members (excludes halogenated alkanes) is 3. The van der Waals surface area contributed by atoms with E-state index in [9.17, 15) is 4.79 Å². The molecule has 0 saturated heterocycles. The van der Waals surface area contributed by atoms with Crippen molar-refractivity contribution in [3.8, 4) is 5.75 Å². The SMILES string of the molecule is C=C(CCCCC(=O)c1ccc(C)cc1)C[C@H](CC)[PH](=C)c1ccc(OCCCCCCl)cc1. The zero-order chi connectivity index (χ0) is 24.8. The molecule has 0 aromatic heterocycles. The quantitative estimate of drug-likeness (QED) is 0.0718. The number of benzene rings is 2. The molecule has 0 bridgehead atoms. The average molecular weight is 501 g/mol. The Morgan fingerprint density at radius 3 is 2.29 bits per heavy atom. The van der Waals surface area contributed by atoms with Gasteiger partial charge in [-0.1, -0.05) is 74.9 Å². The number of allylic oxidation sites excluding steroid dienone is 1. The number of carbonyl (C=O) groups is 1. The highest BCUT2D eigenvalue weighted by Gasteiger charge is 2.13. The molecule has 2 atom stereocenters. The third kappa shape index (κ3) is 10.2. The molecule has 0 fully saturated rings.